The van der Waals surface area contributed by atoms with Gasteiger partial charge in [0.1, 0.15) is 0 Å². The Kier molecular flexibility index (Phi) is 31.8. The zero-order chi connectivity index (χ0) is 13.3. The fraction of sp³-hybridized carbons (Fsp3) is 0.722. The number of halogens is 1. The van der Waals surface area contributed by atoms with Crippen LogP contribution in [-0.4, -0.2) is 0 Å². The van der Waals surface area contributed by atoms with Crippen LogP contribution in [0.4, 0.5) is 0 Å². The first kappa shape index (κ1) is 25.7. The summed E-state index contributed by atoms with van der Waals surface area (Å²) in [7, 11) is 0. The maximum absolute atomic E-state index is 3.87. The van der Waals surface area contributed by atoms with Gasteiger partial charge in [0.25, 0.3) is 0 Å². The molecule has 0 radical (unpaired) electrons. The number of rotatable bonds is 13. The Morgan fingerprint density at radius 1 is 0.700 bits per heavy atom. The van der Waals surface area contributed by atoms with Crippen LogP contribution in [0.25, 0.3) is 0 Å². The van der Waals surface area contributed by atoms with Crippen LogP contribution in [0.1, 0.15) is 84.0 Å². The van der Waals surface area contributed by atoms with Crippen molar-refractivity contribution in [3.05, 3.63) is 31.2 Å². The molecule has 0 unspecified atom stereocenters. The monoisotopic (exact) mass is 308 g/mol. The third-order valence-corrected chi connectivity index (χ3v) is 3.20. The fourth-order valence-electron chi connectivity index (χ4n) is 1.99. The van der Waals surface area contributed by atoms with Crippen molar-refractivity contribution >= 4 is 12.4 Å². The first-order valence-electron chi connectivity index (χ1n) is 8.01. The fourth-order valence-corrected chi connectivity index (χ4v) is 1.99. The molecule has 0 rings (SSSR count). The van der Waals surface area contributed by atoms with Crippen molar-refractivity contribution < 1.29 is 29.6 Å². The van der Waals surface area contributed by atoms with E-state index in [0.29, 0.717) is 0 Å². The topological polar surface area (TPSA) is 0 Å². The Morgan fingerprint density at radius 3 is 1.75 bits per heavy atom. The van der Waals surface area contributed by atoms with Crippen LogP contribution in [0.2, 0.25) is 0 Å². The summed E-state index contributed by atoms with van der Waals surface area (Å²) in [6.45, 7) is 6.12. The zero-order valence-electron chi connectivity index (χ0n) is 13.9. The van der Waals surface area contributed by atoms with Gasteiger partial charge in [-0.3, -0.25) is 0 Å². The number of unbranched alkanes of at least 4 members (excludes halogenated alkanes) is 9. The molecule has 0 aromatic heterocycles. The number of hydrogen-bond donors (Lipinski definition) is 0. The predicted octanol–water partition coefficient (Wildman–Crippen LogP) is 4.06. The summed E-state index contributed by atoms with van der Waals surface area (Å²) in [6, 6.07) is 0. The molecule has 0 aliphatic carbocycles. The summed E-state index contributed by atoms with van der Waals surface area (Å²) >= 11 is 0. The quantitative estimate of drug-likeness (QED) is 0.208. The molecule has 0 atom stereocenters. The van der Waals surface area contributed by atoms with E-state index < -0.39 is 0 Å². The Hall–Kier alpha value is 0.770. The number of allylic oxidation sites excluding steroid dienone is 4. The molecule has 0 saturated heterocycles. The Morgan fingerprint density at radius 2 is 1.20 bits per heavy atom. The largest absolute Gasteiger partial charge is 1.00 e. The average Bonchev–Trinajstić information content (AvgIpc) is 2.39. The van der Waals surface area contributed by atoms with Crippen molar-refractivity contribution in [3.63, 3.8) is 0 Å². The van der Waals surface area contributed by atoms with Crippen LogP contribution in [0.5, 0.6) is 0 Å². The molecule has 2 heteroatoms. The second-order valence-electron chi connectivity index (χ2n) is 5.08. The van der Waals surface area contributed by atoms with Crippen molar-refractivity contribution in [2.24, 2.45) is 0 Å². The minimum atomic E-state index is 0. The van der Waals surface area contributed by atoms with E-state index in [1.807, 2.05) is 0 Å². The molecule has 0 spiro atoms. The molecule has 0 bridgehead atoms. The summed E-state index contributed by atoms with van der Waals surface area (Å²) < 4.78 is 0. The first-order chi connectivity index (χ1) is 8.91. The van der Waals surface area contributed by atoms with E-state index in [1.54, 1.807) is 0 Å². The van der Waals surface area contributed by atoms with E-state index in [4.69, 9.17) is 0 Å². The normalized spacial score (nSPS) is 10.7. The van der Waals surface area contributed by atoms with E-state index in [0.717, 1.165) is 12.8 Å². The molecule has 0 nitrogen and oxygen atoms in total. The van der Waals surface area contributed by atoms with E-state index in [2.05, 4.69) is 38.2 Å². The van der Waals surface area contributed by atoms with Gasteiger partial charge in [0.2, 0.25) is 0 Å². The Labute approximate surface area is 156 Å². The minimum Gasteiger partial charge on any atom is -0.343 e. The second-order valence-corrected chi connectivity index (χ2v) is 5.08. The van der Waals surface area contributed by atoms with Gasteiger partial charge in [0.05, 0.1) is 0 Å². The predicted molar refractivity (Wildman–Crippen MR) is 92.0 cm³/mol. The van der Waals surface area contributed by atoms with Crippen LogP contribution in [-0.2, 0) is 0 Å². The van der Waals surface area contributed by atoms with Crippen molar-refractivity contribution in [2.75, 3.05) is 0 Å². The summed E-state index contributed by atoms with van der Waals surface area (Å²) in [5.41, 5.74) is 0. The molecule has 0 heterocycles. The van der Waals surface area contributed by atoms with E-state index in [1.165, 1.54) is 64.2 Å². The standard InChI is InChI=1S/C18H33.ClH.Na/c1-3-5-7-9-11-13-15-17-18-16-14-12-10-8-6-4-2;;/h12,14,17-18H,1,3-11,13,15-16H2,2H3;1H;/q-1;;+1/b14-12-,18-17-;;. The van der Waals surface area contributed by atoms with Crippen LogP contribution >= 0.6 is 12.4 Å². The molecule has 0 aliphatic rings. The summed E-state index contributed by atoms with van der Waals surface area (Å²) in [5.74, 6) is 0. The van der Waals surface area contributed by atoms with Gasteiger partial charge < -0.3 is 6.92 Å². The molecule has 0 N–H and O–H groups in total. The molecule has 0 aromatic rings. The van der Waals surface area contributed by atoms with Crippen molar-refractivity contribution in [1.82, 2.24) is 0 Å². The molecule has 0 fully saturated rings. The van der Waals surface area contributed by atoms with Gasteiger partial charge in [0.15, 0.2) is 0 Å². The smallest absolute Gasteiger partial charge is 0.343 e. The maximum Gasteiger partial charge on any atom is 1.00 e. The molecule has 0 aliphatic heterocycles. The van der Waals surface area contributed by atoms with Crippen molar-refractivity contribution in [3.8, 4) is 0 Å². The van der Waals surface area contributed by atoms with Crippen LogP contribution in [0.15, 0.2) is 24.3 Å². The summed E-state index contributed by atoms with van der Waals surface area (Å²) in [6.07, 6.45) is 24.9. The van der Waals surface area contributed by atoms with E-state index in [9.17, 15) is 0 Å². The van der Waals surface area contributed by atoms with Gasteiger partial charge >= 0.3 is 29.6 Å². The summed E-state index contributed by atoms with van der Waals surface area (Å²) in [5, 5.41) is 0. The van der Waals surface area contributed by atoms with Gasteiger partial charge in [-0.2, -0.15) is 6.42 Å². The third kappa shape index (κ3) is 23.8. The van der Waals surface area contributed by atoms with Crippen LogP contribution in [0.3, 0.4) is 0 Å². The molecular formula is C18H34ClNa. The van der Waals surface area contributed by atoms with Gasteiger partial charge in [0, 0.05) is 0 Å². The summed E-state index contributed by atoms with van der Waals surface area (Å²) in [4.78, 5) is 0. The third-order valence-electron chi connectivity index (χ3n) is 3.20. The molecular weight excluding hydrogens is 275 g/mol. The molecule has 0 saturated carbocycles. The van der Waals surface area contributed by atoms with Crippen LogP contribution in [0, 0.1) is 6.92 Å². The van der Waals surface area contributed by atoms with Gasteiger partial charge in [-0.25, -0.2) is 0 Å². The van der Waals surface area contributed by atoms with Gasteiger partial charge in [-0.1, -0.05) is 69.8 Å². The van der Waals surface area contributed by atoms with E-state index in [-0.39, 0.29) is 42.0 Å². The Bertz CT molecular complexity index is 200. The second kappa shape index (κ2) is 24.8. The number of hydrogen-bond acceptors (Lipinski definition) is 0. The zero-order valence-corrected chi connectivity index (χ0v) is 16.7. The van der Waals surface area contributed by atoms with Gasteiger partial charge in [-0.05, 0) is 32.1 Å². The average molecular weight is 309 g/mol. The first-order valence-corrected chi connectivity index (χ1v) is 8.01. The molecule has 0 aromatic carbocycles. The van der Waals surface area contributed by atoms with Gasteiger partial charge in [-0.15, -0.1) is 12.4 Å². The SMILES string of the molecule is Cl.[CH2-]CCCCCCC/C=C\C/C=C\CCCCC.[Na+]. The van der Waals surface area contributed by atoms with E-state index >= 15 is 0 Å². The molecule has 114 valence electrons. The minimum absolute atomic E-state index is 0. The Balaban J connectivity index is -0.00000144. The van der Waals surface area contributed by atoms with Crippen LogP contribution < -0.4 is 29.6 Å². The molecule has 0 amide bonds. The van der Waals surface area contributed by atoms with Crippen molar-refractivity contribution in [1.29, 1.82) is 0 Å². The maximum atomic E-state index is 3.87. The molecule has 20 heavy (non-hydrogen) atoms. The van der Waals surface area contributed by atoms with Crippen molar-refractivity contribution in [2.45, 2.75) is 84.0 Å².